The smallest absolute Gasteiger partial charge is 0.550 e. The van der Waals surface area contributed by atoms with Crippen LogP contribution >= 0.6 is 0 Å². The minimum Gasteiger partial charge on any atom is -0.550 e. The van der Waals surface area contributed by atoms with Crippen LogP contribution in [0.4, 0.5) is 0 Å². The number of rotatable bonds is 2. The molecule has 6 aliphatic rings. The van der Waals surface area contributed by atoms with Crippen LogP contribution in [0.5, 0.6) is 0 Å². The summed E-state index contributed by atoms with van der Waals surface area (Å²) >= 11 is 0. The SMILES string of the molecule is O=C([O-])[C@@H]1CC2CCC1CC2.O=C([O-])[C@@H]1CC2CCC1CC2.[Zn+2]. The van der Waals surface area contributed by atoms with E-state index >= 15 is 0 Å². The Morgan fingerprint density at radius 2 is 0.913 bits per heavy atom. The van der Waals surface area contributed by atoms with Crippen LogP contribution < -0.4 is 10.2 Å². The van der Waals surface area contributed by atoms with Crippen LogP contribution in [-0.2, 0) is 29.1 Å². The molecule has 0 heterocycles. The number of carboxylic acid groups (broad SMARTS) is 2. The summed E-state index contributed by atoms with van der Waals surface area (Å²) in [5, 5.41) is 21.3. The van der Waals surface area contributed by atoms with Gasteiger partial charge in [0.25, 0.3) is 0 Å². The number of carbonyl (C=O) groups excluding carboxylic acids is 2. The van der Waals surface area contributed by atoms with Crippen molar-refractivity contribution in [2.75, 3.05) is 0 Å². The Balaban J connectivity index is 0.000000160. The van der Waals surface area contributed by atoms with E-state index in [0.29, 0.717) is 23.7 Å². The topological polar surface area (TPSA) is 80.3 Å². The summed E-state index contributed by atoms with van der Waals surface area (Å²) in [6, 6.07) is 0. The van der Waals surface area contributed by atoms with Gasteiger partial charge in [0.05, 0.1) is 0 Å². The Bertz CT molecular complexity index is 383. The molecule has 0 aliphatic heterocycles. The molecule has 124 valence electrons. The molecule has 6 rings (SSSR count). The predicted octanol–water partition coefficient (Wildman–Crippen LogP) is 1.12. The van der Waals surface area contributed by atoms with Gasteiger partial charge in [-0.3, -0.25) is 0 Å². The first-order valence-electron chi connectivity index (χ1n) is 8.96. The van der Waals surface area contributed by atoms with E-state index in [-0.39, 0.29) is 31.3 Å². The van der Waals surface area contributed by atoms with Gasteiger partial charge >= 0.3 is 19.5 Å². The minimum atomic E-state index is -0.806. The number of aliphatic carboxylic acids is 2. The van der Waals surface area contributed by atoms with Crippen molar-refractivity contribution in [3.05, 3.63) is 0 Å². The van der Waals surface area contributed by atoms with Crippen LogP contribution in [0, 0.1) is 35.5 Å². The first-order chi connectivity index (χ1) is 10.5. The van der Waals surface area contributed by atoms with Gasteiger partial charge in [0.2, 0.25) is 0 Å². The fraction of sp³-hybridized carbons (Fsp3) is 0.889. The van der Waals surface area contributed by atoms with Crippen molar-refractivity contribution in [1.29, 1.82) is 0 Å². The van der Waals surface area contributed by atoms with Crippen LogP contribution in [0.2, 0.25) is 0 Å². The molecule has 0 spiro atoms. The Morgan fingerprint density at radius 3 is 1.04 bits per heavy atom. The molecule has 0 saturated heterocycles. The summed E-state index contributed by atoms with van der Waals surface area (Å²) in [5.41, 5.74) is 0. The number of hydrogen-bond donors (Lipinski definition) is 0. The fourth-order valence-corrected chi connectivity index (χ4v) is 5.33. The first kappa shape index (κ1) is 18.9. The molecule has 0 unspecified atom stereocenters. The molecule has 2 atom stereocenters. The third-order valence-electron chi connectivity index (χ3n) is 6.70. The molecule has 6 aliphatic carbocycles. The van der Waals surface area contributed by atoms with E-state index in [0.717, 1.165) is 38.5 Å². The van der Waals surface area contributed by atoms with Gasteiger partial charge in [0.15, 0.2) is 0 Å². The predicted molar refractivity (Wildman–Crippen MR) is 77.1 cm³/mol. The summed E-state index contributed by atoms with van der Waals surface area (Å²) in [6.07, 6.45) is 11.3. The van der Waals surface area contributed by atoms with Gasteiger partial charge in [-0.05, 0) is 62.2 Å². The van der Waals surface area contributed by atoms with Crippen molar-refractivity contribution in [2.24, 2.45) is 35.5 Å². The average Bonchev–Trinajstić information content (AvgIpc) is 2.57. The van der Waals surface area contributed by atoms with E-state index in [1.165, 1.54) is 25.7 Å². The molecule has 0 N–H and O–H groups in total. The second-order valence-corrected chi connectivity index (χ2v) is 7.88. The number of hydrogen-bond acceptors (Lipinski definition) is 4. The van der Waals surface area contributed by atoms with Crippen LogP contribution in [0.1, 0.15) is 64.2 Å². The summed E-state index contributed by atoms with van der Waals surface area (Å²) < 4.78 is 0. The largest absolute Gasteiger partial charge is 2.00 e. The molecule has 6 saturated carbocycles. The first-order valence-corrected chi connectivity index (χ1v) is 8.96. The average molecular weight is 372 g/mol. The Labute approximate surface area is 151 Å². The van der Waals surface area contributed by atoms with E-state index in [2.05, 4.69) is 0 Å². The van der Waals surface area contributed by atoms with Gasteiger partial charge in [0.1, 0.15) is 0 Å². The zero-order valence-electron chi connectivity index (χ0n) is 13.9. The van der Waals surface area contributed by atoms with Crippen molar-refractivity contribution < 1.29 is 39.3 Å². The third-order valence-corrected chi connectivity index (χ3v) is 6.70. The molecule has 4 bridgehead atoms. The molecular weight excluding hydrogens is 346 g/mol. The Hall–Kier alpha value is -0.437. The van der Waals surface area contributed by atoms with Crippen molar-refractivity contribution in [2.45, 2.75) is 64.2 Å². The molecule has 4 nitrogen and oxygen atoms in total. The van der Waals surface area contributed by atoms with E-state index in [1.54, 1.807) is 0 Å². The fourth-order valence-electron chi connectivity index (χ4n) is 5.33. The van der Waals surface area contributed by atoms with Crippen molar-refractivity contribution in [3.8, 4) is 0 Å². The van der Waals surface area contributed by atoms with Gasteiger partial charge in [-0.2, -0.15) is 0 Å². The van der Waals surface area contributed by atoms with Crippen LogP contribution in [0.15, 0.2) is 0 Å². The van der Waals surface area contributed by atoms with Crippen molar-refractivity contribution in [3.63, 3.8) is 0 Å². The van der Waals surface area contributed by atoms with Gasteiger partial charge in [-0.25, -0.2) is 0 Å². The monoisotopic (exact) mass is 370 g/mol. The second kappa shape index (κ2) is 8.09. The summed E-state index contributed by atoms with van der Waals surface area (Å²) in [5.74, 6) is 0.463. The van der Waals surface area contributed by atoms with Crippen molar-refractivity contribution in [1.82, 2.24) is 0 Å². The molecule has 0 amide bonds. The molecule has 0 radical (unpaired) electrons. The van der Waals surface area contributed by atoms with Crippen molar-refractivity contribution >= 4 is 11.9 Å². The van der Waals surface area contributed by atoms with E-state index in [1.807, 2.05) is 0 Å². The molecule has 6 fully saturated rings. The number of carboxylic acids is 2. The van der Waals surface area contributed by atoms with E-state index < -0.39 is 11.9 Å². The summed E-state index contributed by atoms with van der Waals surface area (Å²) in [6.45, 7) is 0. The van der Waals surface area contributed by atoms with Gasteiger partial charge < -0.3 is 19.8 Å². The van der Waals surface area contributed by atoms with Crippen LogP contribution in [0.3, 0.4) is 0 Å². The van der Waals surface area contributed by atoms with Crippen LogP contribution in [-0.4, -0.2) is 11.9 Å². The van der Waals surface area contributed by atoms with Gasteiger partial charge in [0, 0.05) is 23.8 Å². The van der Waals surface area contributed by atoms with E-state index in [4.69, 9.17) is 0 Å². The molecule has 5 heteroatoms. The Morgan fingerprint density at radius 1 is 0.609 bits per heavy atom. The normalized spacial score (nSPS) is 40.5. The van der Waals surface area contributed by atoms with Crippen LogP contribution in [0.25, 0.3) is 0 Å². The second-order valence-electron chi connectivity index (χ2n) is 7.88. The maximum absolute atomic E-state index is 10.6. The maximum atomic E-state index is 10.6. The van der Waals surface area contributed by atoms with Gasteiger partial charge in [-0.15, -0.1) is 0 Å². The minimum absolute atomic E-state index is 0. The Kier molecular flexibility index (Phi) is 6.65. The molecule has 0 aromatic carbocycles. The molecular formula is C18H26O4Zn. The zero-order chi connectivity index (χ0) is 15.7. The molecule has 0 aromatic rings. The standard InChI is InChI=1S/2C9H14O2.Zn/c2*10-9(11)8-5-6-1-3-7(8)4-2-6;/h2*6-8H,1-5H2,(H,10,11);/q;;+2/p-2/t2*6?,7?,8-;/m11./s1. The quantitative estimate of drug-likeness (QED) is 0.681. The third kappa shape index (κ3) is 4.35. The molecule has 0 aromatic heterocycles. The number of fused-ring (bicyclic) bond motifs is 6. The zero-order valence-corrected chi connectivity index (χ0v) is 16.8. The maximum Gasteiger partial charge on any atom is 2.00 e. The number of carbonyl (C=O) groups is 2. The van der Waals surface area contributed by atoms with E-state index in [9.17, 15) is 19.8 Å². The van der Waals surface area contributed by atoms with Gasteiger partial charge in [-0.1, -0.05) is 25.7 Å². The molecule has 23 heavy (non-hydrogen) atoms. The summed E-state index contributed by atoms with van der Waals surface area (Å²) in [7, 11) is 0. The summed E-state index contributed by atoms with van der Waals surface area (Å²) in [4.78, 5) is 21.3.